The maximum atomic E-state index is 5.89. The summed E-state index contributed by atoms with van der Waals surface area (Å²) in [6.07, 6.45) is 0.148. The van der Waals surface area contributed by atoms with Gasteiger partial charge < -0.3 is 20.5 Å². The van der Waals surface area contributed by atoms with Gasteiger partial charge in [0.2, 0.25) is 0 Å². The summed E-state index contributed by atoms with van der Waals surface area (Å²) in [6, 6.07) is 14.8. The predicted octanol–water partition coefficient (Wildman–Crippen LogP) is 3.93. The summed E-state index contributed by atoms with van der Waals surface area (Å²) in [4.78, 5) is 4.22. The second-order valence-corrected chi connectivity index (χ2v) is 5.83. The Kier molecular flexibility index (Phi) is 6.75. The molecule has 0 amide bonds. The highest BCUT2D eigenvalue weighted by atomic mass is 35.5. The highest BCUT2D eigenvalue weighted by Crippen LogP contribution is 2.17. The molecular formula is C18H22ClN3O2. The third-order valence-corrected chi connectivity index (χ3v) is 3.17. The number of nitrogens with two attached hydrogens (primary N) is 1. The van der Waals surface area contributed by atoms with Gasteiger partial charge in [-0.25, -0.2) is 4.99 Å². The first-order chi connectivity index (χ1) is 11.5. The van der Waals surface area contributed by atoms with E-state index in [2.05, 4.69) is 10.3 Å². The van der Waals surface area contributed by atoms with E-state index < -0.39 is 0 Å². The van der Waals surface area contributed by atoms with Gasteiger partial charge in [-0.1, -0.05) is 17.7 Å². The van der Waals surface area contributed by atoms with Gasteiger partial charge in [0.25, 0.3) is 0 Å². The molecule has 3 N–H and O–H groups in total. The topological polar surface area (TPSA) is 68.9 Å². The minimum Gasteiger partial charge on any atom is -0.492 e. The molecule has 24 heavy (non-hydrogen) atoms. The molecule has 0 unspecified atom stereocenters. The average Bonchev–Trinajstić information content (AvgIpc) is 2.53. The lowest BCUT2D eigenvalue weighted by Gasteiger charge is -2.11. The lowest BCUT2D eigenvalue weighted by atomic mass is 10.3. The van der Waals surface area contributed by atoms with Crippen LogP contribution in [0.25, 0.3) is 0 Å². The van der Waals surface area contributed by atoms with Crippen LogP contribution in [-0.2, 0) is 0 Å². The molecule has 0 fully saturated rings. The highest BCUT2D eigenvalue weighted by Gasteiger charge is 1.99. The van der Waals surface area contributed by atoms with Crippen LogP contribution < -0.4 is 20.5 Å². The van der Waals surface area contributed by atoms with E-state index in [0.717, 1.165) is 11.4 Å². The van der Waals surface area contributed by atoms with Crippen molar-refractivity contribution in [3.63, 3.8) is 0 Å². The fourth-order valence-corrected chi connectivity index (χ4v) is 2.14. The third-order valence-electron chi connectivity index (χ3n) is 2.94. The Morgan fingerprint density at radius 3 is 2.58 bits per heavy atom. The van der Waals surface area contributed by atoms with Gasteiger partial charge in [-0.15, -0.1) is 0 Å². The van der Waals surface area contributed by atoms with Gasteiger partial charge >= 0.3 is 0 Å². The summed E-state index contributed by atoms with van der Waals surface area (Å²) in [5.74, 6) is 1.87. The van der Waals surface area contributed by atoms with Crippen LogP contribution in [0, 0.1) is 0 Å². The lowest BCUT2D eigenvalue weighted by molar-refractivity contribution is 0.242. The number of rotatable bonds is 7. The Bertz CT molecular complexity index is 672. The molecule has 0 radical (unpaired) electrons. The molecule has 0 heterocycles. The first-order valence-electron chi connectivity index (χ1n) is 7.75. The van der Waals surface area contributed by atoms with Gasteiger partial charge in [0, 0.05) is 10.7 Å². The number of ether oxygens (including phenoxy) is 2. The Balaban J connectivity index is 1.77. The SMILES string of the molecule is CC(C)Oc1ccc(NC(N)=NCCOc2cccc(Cl)c2)cc1. The third kappa shape index (κ3) is 6.38. The van der Waals surface area contributed by atoms with E-state index in [1.165, 1.54) is 0 Å². The van der Waals surface area contributed by atoms with E-state index in [0.29, 0.717) is 29.9 Å². The molecular weight excluding hydrogens is 326 g/mol. The largest absolute Gasteiger partial charge is 0.492 e. The van der Waals surface area contributed by atoms with E-state index in [-0.39, 0.29) is 6.10 Å². The number of hydrogen-bond acceptors (Lipinski definition) is 3. The fourth-order valence-electron chi connectivity index (χ4n) is 1.96. The zero-order valence-corrected chi connectivity index (χ0v) is 14.6. The quantitative estimate of drug-likeness (QED) is 0.452. The molecule has 0 saturated heterocycles. The molecule has 2 rings (SSSR count). The molecule has 0 aliphatic heterocycles. The maximum absolute atomic E-state index is 5.89. The summed E-state index contributed by atoms with van der Waals surface area (Å²) in [5, 5.41) is 3.67. The monoisotopic (exact) mass is 347 g/mol. The van der Waals surface area contributed by atoms with Crippen LogP contribution in [0.4, 0.5) is 5.69 Å². The summed E-state index contributed by atoms with van der Waals surface area (Å²) < 4.78 is 11.1. The van der Waals surface area contributed by atoms with Crippen molar-refractivity contribution < 1.29 is 9.47 Å². The number of halogens is 1. The minimum absolute atomic E-state index is 0.148. The van der Waals surface area contributed by atoms with Gasteiger partial charge in [0.15, 0.2) is 5.96 Å². The van der Waals surface area contributed by atoms with Crippen molar-refractivity contribution in [3.8, 4) is 11.5 Å². The van der Waals surface area contributed by atoms with Crippen LogP contribution in [0.5, 0.6) is 11.5 Å². The van der Waals surface area contributed by atoms with Crippen molar-refractivity contribution in [2.45, 2.75) is 20.0 Å². The zero-order valence-electron chi connectivity index (χ0n) is 13.8. The average molecular weight is 348 g/mol. The summed E-state index contributed by atoms with van der Waals surface area (Å²) in [7, 11) is 0. The number of aliphatic imine (C=N–C) groups is 1. The molecule has 0 aliphatic rings. The second kappa shape index (κ2) is 9.03. The van der Waals surface area contributed by atoms with Gasteiger partial charge in [-0.3, -0.25) is 0 Å². The Morgan fingerprint density at radius 2 is 1.92 bits per heavy atom. The van der Waals surface area contributed by atoms with Crippen molar-refractivity contribution in [1.82, 2.24) is 0 Å². The van der Waals surface area contributed by atoms with E-state index in [4.69, 9.17) is 26.8 Å². The minimum atomic E-state index is 0.148. The Morgan fingerprint density at radius 1 is 1.17 bits per heavy atom. The molecule has 5 nitrogen and oxygen atoms in total. The molecule has 0 bridgehead atoms. The number of nitrogens with zero attached hydrogens (tertiary/aromatic N) is 1. The van der Waals surface area contributed by atoms with Crippen LogP contribution in [0.2, 0.25) is 5.02 Å². The maximum Gasteiger partial charge on any atom is 0.193 e. The Labute approximate surface area is 147 Å². The molecule has 0 spiro atoms. The van der Waals surface area contributed by atoms with Crippen molar-refractivity contribution in [2.75, 3.05) is 18.5 Å². The molecule has 0 atom stereocenters. The first-order valence-corrected chi connectivity index (χ1v) is 8.13. The van der Waals surface area contributed by atoms with E-state index in [9.17, 15) is 0 Å². The van der Waals surface area contributed by atoms with E-state index in [1.54, 1.807) is 12.1 Å². The zero-order chi connectivity index (χ0) is 17.4. The fraction of sp³-hybridized carbons (Fsp3) is 0.278. The van der Waals surface area contributed by atoms with Gasteiger partial charge in [-0.2, -0.15) is 0 Å². The lowest BCUT2D eigenvalue weighted by Crippen LogP contribution is -2.23. The van der Waals surface area contributed by atoms with Gasteiger partial charge in [-0.05, 0) is 56.3 Å². The van der Waals surface area contributed by atoms with Crippen LogP contribution in [0.3, 0.4) is 0 Å². The van der Waals surface area contributed by atoms with Crippen molar-refractivity contribution >= 4 is 23.2 Å². The molecule has 128 valence electrons. The van der Waals surface area contributed by atoms with E-state index in [1.807, 2.05) is 50.2 Å². The smallest absolute Gasteiger partial charge is 0.193 e. The normalized spacial score (nSPS) is 11.4. The standard InChI is InChI=1S/C18H22ClN3O2/c1-13(2)24-16-8-6-15(7-9-16)22-18(20)21-10-11-23-17-5-3-4-14(19)12-17/h3-9,12-13H,10-11H2,1-2H3,(H3,20,21,22). The number of guanidine groups is 1. The summed E-state index contributed by atoms with van der Waals surface area (Å²) in [5.41, 5.74) is 6.71. The summed E-state index contributed by atoms with van der Waals surface area (Å²) >= 11 is 5.89. The molecule has 2 aromatic rings. The van der Waals surface area contributed by atoms with Gasteiger partial charge in [0.1, 0.15) is 18.1 Å². The Hall–Kier alpha value is -2.40. The summed E-state index contributed by atoms with van der Waals surface area (Å²) in [6.45, 7) is 4.84. The van der Waals surface area contributed by atoms with Gasteiger partial charge in [0.05, 0.1) is 12.6 Å². The number of hydrogen-bond donors (Lipinski definition) is 2. The predicted molar refractivity (Wildman–Crippen MR) is 99.3 cm³/mol. The molecule has 0 aromatic heterocycles. The molecule has 0 aliphatic carbocycles. The number of nitrogens with one attached hydrogen (secondary N) is 1. The van der Waals surface area contributed by atoms with Crippen molar-refractivity contribution in [1.29, 1.82) is 0 Å². The molecule has 0 saturated carbocycles. The molecule has 6 heteroatoms. The number of anilines is 1. The van der Waals surface area contributed by atoms with Crippen molar-refractivity contribution in [3.05, 3.63) is 53.6 Å². The van der Waals surface area contributed by atoms with Crippen LogP contribution >= 0.6 is 11.6 Å². The van der Waals surface area contributed by atoms with Crippen LogP contribution in [0.1, 0.15) is 13.8 Å². The van der Waals surface area contributed by atoms with Crippen LogP contribution in [-0.4, -0.2) is 25.2 Å². The highest BCUT2D eigenvalue weighted by molar-refractivity contribution is 6.30. The first kappa shape index (κ1) is 17.9. The van der Waals surface area contributed by atoms with Crippen LogP contribution in [0.15, 0.2) is 53.5 Å². The van der Waals surface area contributed by atoms with Crippen molar-refractivity contribution in [2.24, 2.45) is 10.7 Å². The number of benzene rings is 2. The molecule has 2 aromatic carbocycles. The van der Waals surface area contributed by atoms with E-state index >= 15 is 0 Å². The second-order valence-electron chi connectivity index (χ2n) is 5.39.